The predicted octanol–water partition coefficient (Wildman–Crippen LogP) is 5.05. The van der Waals surface area contributed by atoms with Gasteiger partial charge in [0.1, 0.15) is 17.5 Å². The standard InChI is InChI=1S/C30H32F2N6O/c1-17-9-18(10-26(34)30(17,4)39)22-7-8-35-14-19(22)11-27-36-15-21-5-6-25(37-38(21)27)28-23(31)12-20(13-24(28)32)29(2,3)16-33/h5-8,12-15,17-18,26,39H,9-11,34H2,1-4H3/t17-,18+,26+,30+/m0/s1. The molecule has 1 fully saturated rings. The van der Waals surface area contributed by atoms with Gasteiger partial charge in [0.25, 0.3) is 0 Å². The van der Waals surface area contributed by atoms with E-state index in [-0.39, 0.29) is 34.7 Å². The van der Waals surface area contributed by atoms with Gasteiger partial charge in [-0.3, -0.25) is 4.98 Å². The van der Waals surface area contributed by atoms with Crippen LogP contribution in [0.4, 0.5) is 8.78 Å². The molecular formula is C30H32F2N6O. The molecule has 4 aromatic rings. The Hall–Kier alpha value is -3.74. The number of halogens is 2. The first kappa shape index (κ1) is 26.9. The Labute approximate surface area is 226 Å². The zero-order chi connectivity index (χ0) is 28.1. The van der Waals surface area contributed by atoms with Crippen molar-refractivity contribution in [2.45, 2.75) is 69.9 Å². The van der Waals surface area contributed by atoms with E-state index in [1.807, 2.05) is 13.0 Å². The zero-order valence-corrected chi connectivity index (χ0v) is 22.5. The summed E-state index contributed by atoms with van der Waals surface area (Å²) in [6.07, 6.45) is 7.08. The summed E-state index contributed by atoms with van der Waals surface area (Å²) in [5.41, 5.74) is 7.28. The van der Waals surface area contributed by atoms with Gasteiger partial charge in [0.05, 0.1) is 40.1 Å². The van der Waals surface area contributed by atoms with E-state index in [0.29, 0.717) is 24.2 Å². The van der Waals surface area contributed by atoms with Gasteiger partial charge in [-0.25, -0.2) is 18.3 Å². The van der Waals surface area contributed by atoms with Crippen LogP contribution in [0, 0.1) is 28.9 Å². The Kier molecular flexibility index (Phi) is 6.73. The summed E-state index contributed by atoms with van der Waals surface area (Å²) in [6, 6.07) is 9.38. The average molecular weight is 531 g/mol. The molecule has 0 bridgehead atoms. The number of pyridine rings is 1. The summed E-state index contributed by atoms with van der Waals surface area (Å²) in [4.78, 5) is 8.88. The minimum absolute atomic E-state index is 0.0265. The molecule has 0 spiro atoms. The summed E-state index contributed by atoms with van der Waals surface area (Å²) in [5.74, 6) is -0.782. The van der Waals surface area contributed by atoms with Crippen LogP contribution in [-0.2, 0) is 11.8 Å². The van der Waals surface area contributed by atoms with Crippen LogP contribution in [0.3, 0.4) is 0 Å². The molecule has 9 heteroatoms. The highest BCUT2D eigenvalue weighted by molar-refractivity contribution is 5.63. The highest BCUT2D eigenvalue weighted by Gasteiger charge is 2.42. The number of imidazole rings is 1. The largest absolute Gasteiger partial charge is 0.388 e. The lowest BCUT2D eigenvalue weighted by Crippen LogP contribution is -2.54. The van der Waals surface area contributed by atoms with Crippen molar-refractivity contribution in [2.24, 2.45) is 11.7 Å². The Balaban J connectivity index is 1.50. The molecule has 1 aliphatic rings. The molecule has 1 aromatic carbocycles. The van der Waals surface area contributed by atoms with Gasteiger partial charge in [-0.2, -0.15) is 10.4 Å². The van der Waals surface area contributed by atoms with Crippen molar-refractivity contribution in [1.29, 1.82) is 5.26 Å². The van der Waals surface area contributed by atoms with Crippen molar-refractivity contribution in [2.75, 3.05) is 0 Å². The summed E-state index contributed by atoms with van der Waals surface area (Å²) in [5, 5.41) is 24.7. The van der Waals surface area contributed by atoms with Gasteiger partial charge < -0.3 is 10.8 Å². The number of nitrogens with zero attached hydrogens (tertiary/aromatic N) is 5. The van der Waals surface area contributed by atoms with Crippen molar-refractivity contribution in [3.8, 4) is 17.3 Å². The van der Waals surface area contributed by atoms with Crippen molar-refractivity contribution in [3.05, 3.63) is 83.1 Å². The molecule has 4 atom stereocenters. The van der Waals surface area contributed by atoms with Crippen LogP contribution in [0.15, 0.2) is 48.9 Å². The predicted molar refractivity (Wildman–Crippen MR) is 144 cm³/mol. The van der Waals surface area contributed by atoms with Gasteiger partial charge in [-0.05, 0) is 92.5 Å². The van der Waals surface area contributed by atoms with Crippen molar-refractivity contribution >= 4 is 5.52 Å². The van der Waals surface area contributed by atoms with Crippen molar-refractivity contribution < 1.29 is 13.9 Å². The Morgan fingerprint density at radius 3 is 2.56 bits per heavy atom. The second kappa shape index (κ2) is 9.78. The SMILES string of the molecule is C[C@H]1C[C@@H](c2ccncc2Cc2ncc3ccc(-c4c(F)cc(C(C)(C)C#N)cc4F)nn23)C[C@@H](N)[C@]1(C)O. The minimum atomic E-state index is -1.04. The van der Waals surface area contributed by atoms with E-state index in [4.69, 9.17) is 5.73 Å². The number of nitrogens with two attached hydrogens (primary N) is 1. The van der Waals surface area contributed by atoms with Crippen LogP contribution in [0.1, 0.15) is 69.0 Å². The van der Waals surface area contributed by atoms with Gasteiger partial charge >= 0.3 is 0 Å². The van der Waals surface area contributed by atoms with E-state index in [0.717, 1.165) is 17.5 Å². The summed E-state index contributed by atoms with van der Waals surface area (Å²) >= 11 is 0. The third-order valence-electron chi connectivity index (χ3n) is 8.41. The molecule has 1 saturated carbocycles. The van der Waals surface area contributed by atoms with E-state index >= 15 is 8.78 Å². The van der Waals surface area contributed by atoms with Gasteiger partial charge in [-0.15, -0.1) is 0 Å². The van der Waals surface area contributed by atoms with Gasteiger partial charge in [0.2, 0.25) is 0 Å². The van der Waals surface area contributed by atoms with Crippen LogP contribution < -0.4 is 5.73 Å². The normalized spacial score (nSPS) is 23.6. The maximum atomic E-state index is 15.2. The molecule has 5 rings (SSSR count). The van der Waals surface area contributed by atoms with Crippen molar-refractivity contribution in [3.63, 3.8) is 0 Å². The fraction of sp³-hybridized carbons (Fsp3) is 0.400. The third kappa shape index (κ3) is 4.79. The molecule has 0 amide bonds. The van der Waals surface area contributed by atoms with Crippen LogP contribution in [0.2, 0.25) is 0 Å². The molecule has 0 aliphatic heterocycles. The van der Waals surface area contributed by atoms with E-state index < -0.39 is 22.7 Å². The van der Waals surface area contributed by atoms with Gasteiger partial charge in [0, 0.05) is 24.9 Å². The van der Waals surface area contributed by atoms with Crippen LogP contribution in [-0.4, -0.2) is 36.3 Å². The molecule has 0 saturated heterocycles. The van der Waals surface area contributed by atoms with E-state index in [1.54, 1.807) is 56.0 Å². The van der Waals surface area contributed by atoms with E-state index in [2.05, 4.69) is 21.1 Å². The van der Waals surface area contributed by atoms with Gasteiger partial charge in [0.15, 0.2) is 0 Å². The first-order valence-corrected chi connectivity index (χ1v) is 13.1. The molecule has 3 heterocycles. The number of benzene rings is 1. The Morgan fingerprint density at radius 2 is 1.90 bits per heavy atom. The molecular weight excluding hydrogens is 498 g/mol. The highest BCUT2D eigenvalue weighted by Crippen LogP contribution is 2.42. The minimum Gasteiger partial charge on any atom is -0.388 e. The summed E-state index contributed by atoms with van der Waals surface area (Å²) in [6.45, 7) is 7.04. The monoisotopic (exact) mass is 530 g/mol. The second-order valence-corrected chi connectivity index (χ2v) is 11.4. The Bertz CT molecular complexity index is 1550. The Morgan fingerprint density at radius 1 is 1.18 bits per heavy atom. The molecule has 1 aliphatic carbocycles. The quantitative estimate of drug-likeness (QED) is 0.373. The molecule has 0 unspecified atom stereocenters. The number of aromatic nitrogens is 4. The molecule has 3 N–H and O–H groups in total. The van der Waals surface area contributed by atoms with Crippen LogP contribution in [0.5, 0.6) is 0 Å². The maximum absolute atomic E-state index is 15.2. The lowest BCUT2D eigenvalue weighted by atomic mass is 9.67. The first-order chi connectivity index (χ1) is 18.4. The smallest absolute Gasteiger partial charge is 0.135 e. The number of aliphatic hydroxyl groups is 1. The number of hydrogen-bond acceptors (Lipinski definition) is 6. The van der Waals surface area contributed by atoms with E-state index in [1.165, 1.54) is 12.1 Å². The van der Waals surface area contributed by atoms with E-state index in [9.17, 15) is 10.4 Å². The number of nitriles is 1. The first-order valence-electron chi connectivity index (χ1n) is 13.1. The topological polar surface area (TPSA) is 113 Å². The van der Waals surface area contributed by atoms with Gasteiger partial charge in [-0.1, -0.05) is 6.92 Å². The number of rotatable bonds is 5. The number of fused-ring (bicyclic) bond motifs is 1. The lowest BCUT2D eigenvalue weighted by molar-refractivity contribution is -0.0464. The fourth-order valence-electron chi connectivity index (χ4n) is 5.51. The molecule has 3 aromatic heterocycles. The number of hydrogen-bond donors (Lipinski definition) is 2. The van der Waals surface area contributed by atoms with Crippen LogP contribution >= 0.6 is 0 Å². The fourth-order valence-corrected chi connectivity index (χ4v) is 5.51. The van der Waals surface area contributed by atoms with Crippen LogP contribution in [0.25, 0.3) is 16.8 Å². The highest BCUT2D eigenvalue weighted by atomic mass is 19.1. The lowest BCUT2D eigenvalue weighted by Gasteiger charge is -2.44. The van der Waals surface area contributed by atoms with Crippen molar-refractivity contribution in [1.82, 2.24) is 19.6 Å². The molecule has 0 radical (unpaired) electrons. The third-order valence-corrected chi connectivity index (χ3v) is 8.41. The zero-order valence-electron chi connectivity index (χ0n) is 22.5. The summed E-state index contributed by atoms with van der Waals surface area (Å²) in [7, 11) is 0. The molecule has 39 heavy (non-hydrogen) atoms. The second-order valence-electron chi connectivity index (χ2n) is 11.4. The molecule has 202 valence electrons. The summed E-state index contributed by atoms with van der Waals surface area (Å²) < 4.78 is 31.9. The average Bonchev–Trinajstić information content (AvgIpc) is 3.29. The molecule has 7 nitrogen and oxygen atoms in total. The maximum Gasteiger partial charge on any atom is 0.135 e.